The predicted octanol–water partition coefficient (Wildman–Crippen LogP) is 3.93. The number of unbranched alkanes of at least 4 members (excludes halogenated alkanes) is 13. The highest BCUT2D eigenvalue weighted by Gasteiger charge is 2.26. The van der Waals surface area contributed by atoms with Gasteiger partial charge < -0.3 is 61.9 Å². The van der Waals surface area contributed by atoms with Gasteiger partial charge in [0.1, 0.15) is 31.1 Å². The molecule has 6 amide bonds. The van der Waals surface area contributed by atoms with E-state index < -0.39 is 76.5 Å². The molecular weight excluding hydrogens is 1190 g/mol. The van der Waals surface area contributed by atoms with E-state index in [4.69, 9.17) is 30.4 Å². The minimum absolute atomic E-state index is 0.00280. The van der Waals surface area contributed by atoms with Crippen LogP contribution in [-0.4, -0.2) is 182 Å². The number of aromatic nitrogens is 4. The van der Waals surface area contributed by atoms with Crippen molar-refractivity contribution in [2.75, 3.05) is 77.4 Å². The number of aryl methyl sites for hydroxylation is 1. The summed E-state index contributed by atoms with van der Waals surface area (Å²) in [5.74, 6) is -6.87. The Bertz CT molecular complexity index is 2490. The summed E-state index contributed by atoms with van der Waals surface area (Å²) in [5.41, 5.74) is 12.0. The molecule has 0 radical (unpaired) electrons. The van der Waals surface area contributed by atoms with Gasteiger partial charge in [-0.1, -0.05) is 75.8 Å². The van der Waals surface area contributed by atoms with Crippen molar-refractivity contribution in [3.05, 3.63) is 35.7 Å². The van der Waals surface area contributed by atoms with E-state index in [9.17, 15) is 66.6 Å². The number of primary amides is 1. The van der Waals surface area contributed by atoms with Crippen LogP contribution in [0.4, 0.5) is 5.69 Å². The Morgan fingerprint density at radius 1 is 0.556 bits per heavy atom. The molecule has 0 spiro atoms. The van der Waals surface area contributed by atoms with Gasteiger partial charge in [-0.2, -0.15) is 5.21 Å². The average molecular weight is 1300 g/mol. The zero-order valence-electron chi connectivity index (χ0n) is 52.7. The molecular formula is C60H101N11O18S. The predicted molar refractivity (Wildman–Crippen MR) is 333 cm³/mol. The lowest BCUT2D eigenvalue weighted by Gasteiger charge is -2.16. The van der Waals surface area contributed by atoms with Crippen molar-refractivity contribution < 1.29 is 85.5 Å². The van der Waals surface area contributed by atoms with E-state index in [1.54, 1.807) is 31.2 Å². The fourth-order valence-corrected chi connectivity index (χ4v) is 9.88. The van der Waals surface area contributed by atoms with E-state index in [1.165, 1.54) is 44.9 Å². The highest BCUT2D eigenvalue weighted by Crippen LogP contribution is 2.16. The van der Waals surface area contributed by atoms with Gasteiger partial charge in [0.25, 0.3) is 5.91 Å². The van der Waals surface area contributed by atoms with Crippen LogP contribution in [0.2, 0.25) is 0 Å². The molecule has 510 valence electrons. The minimum atomic E-state index is -3.86. The Balaban J connectivity index is 0.00000134. The molecule has 0 aliphatic heterocycles. The number of aliphatic carboxylic acids is 2. The van der Waals surface area contributed by atoms with Crippen molar-refractivity contribution in [3.8, 4) is 0 Å². The second kappa shape index (κ2) is 51.7. The summed E-state index contributed by atoms with van der Waals surface area (Å²) in [6, 6.07) is 4.58. The van der Waals surface area contributed by atoms with Gasteiger partial charge in [-0.25, -0.2) is 13.2 Å². The molecule has 1 heterocycles. The number of nitrogens with zero attached hydrogens (tertiary/aromatic N) is 3. The number of hydrogen-bond acceptors (Lipinski definition) is 20. The third kappa shape index (κ3) is 45.3. The Labute approximate surface area is 528 Å². The number of amides is 6. The first-order valence-electron chi connectivity index (χ1n) is 31.5. The largest absolute Gasteiger partial charge is 0.481 e. The fourth-order valence-electron chi connectivity index (χ4n) is 8.81. The summed E-state index contributed by atoms with van der Waals surface area (Å²) in [6.45, 7) is 5.26. The molecule has 30 heteroatoms. The molecule has 2 aromatic rings. The summed E-state index contributed by atoms with van der Waals surface area (Å²) in [7, 11) is -3.86. The molecule has 90 heavy (non-hydrogen) atoms. The van der Waals surface area contributed by atoms with Crippen LogP contribution in [-0.2, 0) is 78.5 Å². The number of nitrogens with one attached hydrogen (secondary N) is 6. The number of tetrazole rings is 1. The van der Waals surface area contributed by atoms with Gasteiger partial charge in [0.15, 0.2) is 11.6 Å². The normalized spacial score (nSPS) is 12.1. The number of sulfonamides is 1. The number of carbonyl (C=O) groups excluding carboxylic acids is 8. The Kier molecular flexibility index (Phi) is 46.5. The number of carboxylic acids is 2. The molecule has 0 fully saturated rings. The highest BCUT2D eigenvalue weighted by atomic mass is 32.2. The number of H-pyrrole nitrogens is 1. The number of carbonyl (C=O) groups is 10. The number of nitrogens with two attached hydrogens (primary N) is 2. The van der Waals surface area contributed by atoms with Crippen LogP contribution in [0.5, 0.6) is 0 Å². The molecule has 1 aromatic carbocycles. The lowest BCUT2D eigenvalue weighted by atomic mass is 9.97. The monoisotopic (exact) mass is 1300 g/mol. The van der Waals surface area contributed by atoms with Crippen molar-refractivity contribution in [3.63, 3.8) is 0 Å². The first-order chi connectivity index (χ1) is 43.2. The lowest BCUT2D eigenvalue weighted by Crippen LogP contribution is -2.45. The lowest BCUT2D eigenvalue weighted by molar-refractivity contribution is -0.145. The fraction of sp³-hybridized carbons (Fsp3) is 0.717. The number of benzene rings is 1. The number of hydrogen-bond donors (Lipinski definition) is 10. The van der Waals surface area contributed by atoms with E-state index in [-0.39, 0.29) is 114 Å². The van der Waals surface area contributed by atoms with Gasteiger partial charge in [0.05, 0.1) is 31.5 Å². The smallest absolute Gasteiger partial charge is 0.326 e. The third-order valence-electron chi connectivity index (χ3n) is 13.8. The van der Waals surface area contributed by atoms with Crippen LogP contribution in [0.3, 0.4) is 0 Å². The van der Waals surface area contributed by atoms with Crippen LogP contribution in [0.15, 0.2) is 24.3 Å². The molecule has 0 saturated carbocycles. The number of rotatable bonds is 56. The van der Waals surface area contributed by atoms with Gasteiger partial charge in [-0.15, -0.1) is 10.2 Å². The standard InChI is InChI=1S/C43H75N7O14S.C17H26N4O4/c1-2-62-27-16-18-35(51)23-24-37(43(58)59)45-40(54)25-22-34(42(56)57)32-36(52)33-64-30-29-63-28-26-44-39(53)21-17-31-65(60,61)48-41(55)20-15-13-11-9-7-5-3-4-6-8-10-12-14-19-38-46-49-50-47-38;1-2-25-11-15(22)21-14(16(19)23)5-3-4-10-20-17(24)12-6-8-13(18)9-7-12/h34,37H,2-33H2,1H3,(H,44,53)(H,45,54)(H,48,55)(H,56,57)(H,58,59)(H,46,47,49,50);6-9,14H,2-5,10-11,18H2,1H3,(H2,19,23)(H,20,24)(H,21,22)/t34-,37?;14-/m10/s1. The molecule has 0 aliphatic carbocycles. The molecule has 12 N–H and O–H groups in total. The van der Waals surface area contributed by atoms with Gasteiger partial charge in [0.2, 0.25) is 39.6 Å². The number of carboxylic acid groups (broad SMARTS) is 2. The number of Topliss-reactive ketones (excluding diaryl/α,β-unsaturated/α-hetero) is 2. The van der Waals surface area contributed by atoms with Crippen LogP contribution in [0, 0.1) is 5.92 Å². The first kappa shape index (κ1) is 81.0. The third-order valence-corrected chi connectivity index (χ3v) is 15.2. The van der Waals surface area contributed by atoms with Gasteiger partial charge >= 0.3 is 11.9 Å². The van der Waals surface area contributed by atoms with E-state index >= 15 is 0 Å². The van der Waals surface area contributed by atoms with Gasteiger partial charge in [0, 0.05) is 89.1 Å². The summed E-state index contributed by atoms with van der Waals surface area (Å²) in [6.07, 6.45) is 16.7. The molecule has 0 saturated heterocycles. The zero-order chi connectivity index (χ0) is 66.6. The quantitative estimate of drug-likeness (QED) is 0.0331. The second-order valence-electron chi connectivity index (χ2n) is 21.6. The van der Waals surface area contributed by atoms with Gasteiger partial charge in [-0.3, -0.25) is 47.9 Å². The van der Waals surface area contributed by atoms with Crippen molar-refractivity contribution in [2.24, 2.45) is 11.7 Å². The summed E-state index contributed by atoms with van der Waals surface area (Å²) >= 11 is 0. The maximum absolute atomic E-state index is 12.4. The molecule has 0 aliphatic rings. The maximum Gasteiger partial charge on any atom is 0.326 e. The molecule has 3 atom stereocenters. The van der Waals surface area contributed by atoms with E-state index in [2.05, 4.69) is 46.6 Å². The van der Waals surface area contributed by atoms with E-state index in [0.29, 0.717) is 69.7 Å². The summed E-state index contributed by atoms with van der Waals surface area (Å²) in [4.78, 5) is 119. The topological polar surface area (TPSA) is 449 Å². The zero-order valence-corrected chi connectivity index (χ0v) is 53.6. The van der Waals surface area contributed by atoms with Crippen molar-refractivity contribution in [1.29, 1.82) is 0 Å². The van der Waals surface area contributed by atoms with E-state index in [1.807, 2.05) is 6.92 Å². The number of aromatic amines is 1. The molecule has 1 unspecified atom stereocenters. The number of ketones is 2. The Hall–Kier alpha value is -7.02. The van der Waals surface area contributed by atoms with Crippen molar-refractivity contribution in [2.45, 2.75) is 199 Å². The molecule has 29 nitrogen and oxygen atoms in total. The van der Waals surface area contributed by atoms with Crippen molar-refractivity contribution in [1.82, 2.24) is 46.6 Å². The van der Waals surface area contributed by atoms with Crippen LogP contribution in [0.1, 0.15) is 197 Å². The Morgan fingerprint density at radius 3 is 1.79 bits per heavy atom. The van der Waals surface area contributed by atoms with Crippen molar-refractivity contribution >= 4 is 74.7 Å². The number of ether oxygens (including phenoxy) is 4. The van der Waals surface area contributed by atoms with Crippen LogP contribution in [0.25, 0.3) is 0 Å². The maximum atomic E-state index is 12.4. The molecule has 0 bridgehead atoms. The van der Waals surface area contributed by atoms with Gasteiger partial charge in [-0.05, 0) is 95.9 Å². The number of nitrogen functional groups attached to an aromatic ring is 1. The average Bonchev–Trinajstić information content (AvgIpc) is 4.09. The number of anilines is 1. The summed E-state index contributed by atoms with van der Waals surface area (Å²) in [5, 5.41) is 43.2. The Morgan fingerprint density at radius 2 is 1.18 bits per heavy atom. The van der Waals surface area contributed by atoms with Crippen LogP contribution >= 0.6 is 0 Å². The second-order valence-corrected chi connectivity index (χ2v) is 23.4. The highest BCUT2D eigenvalue weighted by molar-refractivity contribution is 7.90. The SMILES string of the molecule is CCOCC(=O)N[C@@H](CCCCNC(=O)c1ccc(N)cc1)C(N)=O.CCOCCCC(=O)CCC(NC(=O)CC[C@H](CC(=O)COCCOCCNC(=O)CCCS(=O)(=O)NC(=O)CCCCCCCCCCCCCCCc1nn[nH]n1)C(=O)O)C(=O)O. The minimum Gasteiger partial charge on any atom is -0.481 e. The first-order valence-corrected chi connectivity index (χ1v) is 33.1. The molecule has 1 aromatic heterocycles. The van der Waals surface area contributed by atoms with Crippen LogP contribution < -0.4 is 37.5 Å². The summed E-state index contributed by atoms with van der Waals surface area (Å²) < 4.78 is 47.4. The van der Waals surface area contributed by atoms with E-state index in [0.717, 1.165) is 44.3 Å². The molecule has 2 rings (SSSR count).